The first kappa shape index (κ1) is 23.3. The van der Waals surface area contributed by atoms with Gasteiger partial charge in [-0.05, 0) is 40.6 Å². The Morgan fingerprint density at radius 3 is 1.77 bits per heavy atom. The number of hydrogen-bond acceptors (Lipinski definition) is 5. The molecule has 1 heterocycles. The lowest BCUT2D eigenvalue weighted by Crippen LogP contribution is -2.17. The molecule has 0 N–H and O–H groups in total. The molecule has 6 aromatic rings. The Kier molecular flexibility index (Phi) is 4.90. The first-order valence-electron chi connectivity index (χ1n) is 13.8. The molecule has 2 aliphatic carbocycles. The summed E-state index contributed by atoms with van der Waals surface area (Å²) in [6.07, 6.45) is 0.835. The van der Waals surface area contributed by atoms with E-state index in [1.165, 1.54) is 10.9 Å². The van der Waals surface area contributed by atoms with Gasteiger partial charge in [0.1, 0.15) is 11.5 Å². The van der Waals surface area contributed by atoms with Crippen LogP contribution in [0.15, 0.2) is 72.8 Å². The van der Waals surface area contributed by atoms with E-state index in [0.29, 0.717) is 5.69 Å². The number of rotatable bonds is 4. The number of nitrogens with zero attached hydrogens (tertiary/aromatic N) is 1. The summed E-state index contributed by atoms with van der Waals surface area (Å²) in [6, 6.07) is 25.1. The molecule has 8 rings (SSSR count). The van der Waals surface area contributed by atoms with Gasteiger partial charge in [-0.2, -0.15) is 0 Å². The van der Waals surface area contributed by atoms with Gasteiger partial charge in [0, 0.05) is 44.5 Å². The Balaban J connectivity index is 1.58. The van der Waals surface area contributed by atoms with Crippen molar-refractivity contribution >= 4 is 49.2 Å². The summed E-state index contributed by atoms with van der Waals surface area (Å²) >= 11 is 0. The van der Waals surface area contributed by atoms with Crippen LogP contribution in [0.5, 0.6) is 11.5 Å². The first-order valence-corrected chi connectivity index (χ1v) is 13.8. The maximum atomic E-state index is 13.6. The molecule has 40 heavy (non-hydrogen) atoms. The largest absolute Gasteiger partial charge is 0.496 e. The highest BCUT2D eigenvalue weighted by Crippen LogP contribution is 2.65. The Morgan fingerprint density at radius 1 is 0.700 bits per heavy atom. The number of pyridine rings is 1. The Morgan fingerprint density at radius 2 is 1.20 bits per heavy atom. The average molecular weight is 526 g/mol. The van der Waals surface area contributed by atoms with Crippen molar-refractivity contribution in [3.63, 3.8) is 0 Å². The normalized spacial score (nSPS) is 17.0. The number of hydrogen-bond donors (Lipinski definition) is 0. The van der Waals surface area contributed by atoms with E-state index in [2.05, 4.69) is 54.6 Å². The summed E-state index contributed by atoms with van der Waals surface area (Å²) in [7, 11) is 3.48. The second-order valence-electron chi connectivity index (χ2n) is 10.6. The molecule has 2 unspecified atom stereocenters. The van der Waals surface area contributed by atoms with E-state index in [9.17, 15) is 4.79 Å². The predicted octanol–water partition coefficient (Wildman–Crippen LogP) is 7.87. The van der Waals surface area contributed by atoms with Crippen molar-refractivity contribution in [1.29, 1.82) is 0 Å². The van der Waals surface area contributed by atoms with E-state index < -0.39 is 0 Å². The van der Waals surface area contributed by atoms with Gasteiger partial charge in [-0.1, -0.05) is 72.8 Å². The van der Waals surface area contributed by atoms with E-state index in [0.717, 1.165) is 72.4 Å². The zero-order valence-electron chi connectivity index (χ0n) is 22.6. The summed E-state index contributed by atoms with van der Waals surface area (Å²) in [5, 5.41) is 7.66. The molecule has 0 radical (unpaired) electrons. The highest BCUT2D eigenvalue weighted by molar-refractivity contribution is 6.26. The second kappa shape index (κ2) is 8.43. The molecule has 0 aliphatic heterocycles. The molecule has 2 bridgehead atoms. The molecule has 5 heteroatoms. The van der Waals surface area contributed by atoms with E-state index in [-0.39, 0.29) is 24.4 Å². The number of ether oxygens (including phenoxy) is 3. The van der Waals surface area contributed by atoms with Gasteiger partial charge in [0.15, 0.2) is 5.69 Å². The number of esters is 1. The maximum absolute atomic E-state index is 13.6. The lowest BCUT2D eigenvalue weighted by atomic mass is 9.79. The third kappa shape index (κ3) is 2.82. The smallest absolute Gasteiger partial charge is 0.357 e. The summed E-state index contributed by atoms with van der Waals surface area (Å²) in [5.41, 5.74) is 5.67. The molecular formula is C35H27NO4. The van der Waals surface area contributed by atoms with Gasteiger partial charge in [0.2, 0.25) is 0 Å². The standard InChI is InChI=1S/C35H27NO4/c1-4-40-35(37)32-28-25-17-24(29-30(25)34(39-3)23-16-10-9-15-22(23)33(29)38-2)26(28)27-20-13-7-5-11-18(20)19-12-6-8-14-21(19)31(27)36-32/h5-16,24-25H,4,17H2,1-3H3. The predicted molar refractivity (Wildman–Crippen MR) is 158 cm³/mol. The molecular weight excluding hydrogens is 498 g/mol. The Labute approximate surface area is 231 Å². The van der Waals surface area contributed by atoms with Gasteiger partial charge in [-0.3, -0.25) is 0 Å². The van der Waals surface area contributed by atoms with Crippen molar-refractivity contribution in [3.05, 3.63) is 101 Å². The molecule has 5 nitrogen and oxygen atoms in total. The van der Waals surface area contributed by atoms with Crippen LogP contribution in [-0.4, -0.2) is 31.8 Å². The minimum absolute atomic E-state index is 0.0340. The zero-order chi connectivity index (χ0) is 27.1. The summed E-state index contributed by atoms with van der Waals surface area (Å²) in [4.78, 5) is 18.7. The Hall–Kier alpha value is -4.64. The van der Waals surface area contributed by atoms with Gasteiger partial charge < -0.3 is 14.2 Å². The number of carbonyl (C=O) groups excluding carboxylic acids is 1. The number of fused-ring (bicyclic) bond motifs is 16. The number of methoxy groups -OCH3 is 2. The molecule has 196 valence electrons. The highest BCUT2D eigenvalue weighted by Gasteiger charge is 2.50. The number of benzene rings is 5. The van der Waals surface area contributed by atoms with E-state index in [1.807, 2.05) is 25.1 Å². The minimum atomic E-state index is -0.376. The average Bonchev–Trinajstić information content (AvgIpc) is 3.57. The van der Waals surface area contributed by atoms with Gasteiger partial charge in [0.25, 0.3) is 0 Å². The lowest BCUT2D eigenvalue weighted by Gasteiger charge is -2.28. The second-order valence-corrected chi connectivity index (χ2v) is 10.6. The first-order chi connectivity index (χ1) is 19.7. The molecule has 0 saturated carbocycles. The van der Waals surface area contributed by atoms with Crippen LogP contribution in [-0.2, 0) is 4.74 Å². The number of aromatic nitrogens is 1. The fourth-order valence-corrected chi connectivity index (χ4v) is 7.56. The van der Waals surface area contributed by atoms with Crippen LogP contribution in [0.25, 0.3) is 43.2 Å². The van der Waals surface area contributed by atoms with E-state index in [1.54, 1.807) is 14.2 Å². The van der Waals surface area contributed by atoms with Crippen LogP contribution in [0.3, 0.4) is 0 Å². The van der Waals surface area contributed by atoms with E-state index >= 15 is 0 Å². The third-order valence-electron chi connectivity index (χ3n) is 8.88. The molecule has 2 atom stereocenters. The molecule has 0 spiro atoms. The van der Waals surface area contributed by atoms with Crippen LogP contribution in [0.1, 0.15) is 57.9 Å². The summed E-state index contributed by atoms with van der Waals surface area (Å²) < 4.78 is 17.9. The highest BCUT2D eigenvalue weighted by atomic mass is 16.5. The van der Waals surface area contributed by atoms with Crippen molar-refractivity contribution in [2.24, 2.45) is 0 Å². The maximum Gasteiger partial charge on any atom is 0.357 e. The monoisotopic (exact) mass is 525 g/mol. The molecule has 2 aliphatic rings. The lowest BCUT2D eigenvalue weighted by molar-refractivity contribution is 0.0518. The fraction of sp³-hybridized carbons (Fsp3) is 0.200. The topological polar surface area (TPSA) is 57.7 Å². The SMILES string of the molecule is CCOC(=O)c1nc2c3ccccc3c3ccccc3c2c2c1C1CC2c2c1c(OC)c1ccccc1c2OC. The number of carbonyl (C=O) groups is 1. The minimum Gasteiger partial charge on any atom is -0.496 e. The molecule has 0 amide bonds. The quantitative estimate of drug-likeness (QED) is 0.173. The van der Waals surface area contributed by atoms with Gasteiger partial charge >= 0.3 is 5.97 Å². The van der Waals surface area contributed by atoms with Crippen molar-refractivity contribution in [3.8, 4) is 11.5 Å². The van der Waals surface area contributed by atoms with Crippen LogP contribution in [0, 0.1) is 0 Å². The van der Waals surface area contributed by atoms with Crippen LogP contribution in [0.2, 0.25) is 0 Å². The van der Waals surface area contributed by atoms with Crippen LogP contribution < -0.4 is 9.47 Å². The van der Waals surface area contributed by atoms with Crippen LogP contribution in [0.4, 0.5) is 0 Å². The molecule has 0 saturated heterocycles. The third-order valence-corrected chi connectivity index (χ3v) is 8.88. The van der Waals surface area contributed by atoms with E-state index in [4.69, 9.17) is 19.2 Å². The van der Waals surface area contributed by atoms with Crippen molar-refractivity contribution in [2.45, 2.75) is 25.2 Å². The van der Waals surface area contributed by atoms with Gasteiger partial charge in [0.05, 0.1) is 26.3 Å². The summed E-state index contributed by atoms with van der Waals surface area (Å²) in [5.74, 6) is 1.34. The Bertz CT molecular complexity index is 2060. The molecule has 0 fully saturated rings. The fourth-order valence-electron chi connectivity index (χ4n) is 7.56. The molecule has 5 aromatic carbocycles. The summed E-state index contributed by atoms with van der Waals surface area (Å²) in [6.45, 7) is 2.13. The zero-order valence-corrected chi connectivity index (χ0v) is 22.6. The van der Waals surface area contributed by atoms with Gasteiger partial charge in [-0.25, -0.2) is 9.78 Å². The van der Waals surface area contributed by atoms with Gasteiger partial charge in [-0.15, -0.1) is 0 Å². The van der Waals surface area contributed by atoms with Crippen molar-refractivity contribution < 1.29 is 19.0 Å². The van der Waals surface area contributed by atoms with Crippen molar-refractivity contribution in [2.75, 3.05) is 20.8 Å². The van der Waals surface area contributed by atoms with Crippen molar-refractivity contribution in [1.82, 2.24) is 4.98 Å². The molecule has 1 aromatic heterocycles. The van der Waals surface area contributed by atoms with Crippen LogP contribution >= 0.6 is 0 Å².